The number of rotatable bonds is 4. The number of hydrogen-bond acceptors (Lipinski definition) is 6. The summed E-state index contributed by atoms with van der Waals surface area (Å²) >= 11 is 0. The SMILES string of the molecule is N#C[C@@H]1CC(F)(F)CN1C(=O)CNC(=O)c1ccnc2ccc(N3CCNCC3)cc12. The van der Waals surface area contributed by atoms with Gasteiger partial charge in [0.15, 0.2) is 0 Å². The molecule has 1 aromatic heterocycles. The number of fused-ring (bicyclic) bond motifs is 1. The molecule has 2 saturated heterocycles. The van der Waals surface area contributed by atoms with Gasteiger partial charge in [0.1, 0.15) is 6.04 Å². The van der Waals surface area contributed by atoms with Gasteiger partial charge in [-0.25, -0.2) is 8.78 Å². The van der Waals surface area contributed by atoms with Crippen LogP contribution in [0.3, 0.4) is 0 Å². The van der Waals surface area contributed by atoms with Crippen LogP contribution < -0.4 is 15.5 Å². The van der Waals surface area contributed by atoms with Crippen LogP contribution in [0.1, 0.15) is 16.8 Å². The van der Waals surface area contributed by atoms with Crippen LogP contribution in [0, 0.1) is 11.3 Å². The minimum absolute atomic E-state index is 0.346. The summed E-state index contributed by atoms with van der Waals surface area (Å²) in [5.41, 5.74) is 1.96. The predicted octanol–water partition coefficient (Wildman–Crippen LogP) is 1.13. The Morgan fingerprint density at radius 2 is 2.06 bits per heavy atom. The summed E-state index contributed by atoms with van der Waals surface area (Å²) in [6.07, 6.45) is 0.823. The lowest BCUT2D eigenvalue weighted by Crippen LogP contribution is -2.43. The number of alkyl halides is 2. The first kappa shape index (κ1) is 20.9. The molecule has 0 radical (unpaired) electrons. The van der Waals surface area contributed by atoms with Crippen LogP contribution in [0.15, 0.2) is 30.5 Å². The van der Waals surface area contributed by atoms with E-state index in [0.717, 1.165) is 36.8 Å². The monoisotopic (exact) mass is 428 g/mol. The number of amides is 2. The fraction of sp³-hybridized carbons (Fsp3) is 0.429. The Kier molecular flexibility index (Phi) is 5.69. The molecule has 31 heavy (non-hydrogen) atoms. The third-order valence-corrected chi connectivity index (χ3v) is 5.59. The van der Waals surface area contributed by atoms with E-state index in [1.54, 1.807) is 12.1 Å². The Bertz CT molecular complexity index is 1050. The van der Waals surface area contributed by atoms with Gasteiger partial charge < -0.3 is 20.4 Å². The Morgan fingerprint density at radius 1 is 1.29 bits per heavy atom. The zero-order chi connectivity index (χ0) is 22.0. The van der Waals surface area contributed by atoms with Gasteiger partial charge in [-0.1, -0.05) is 0 Å². The molecule has 2 aliphatic heterocycles. The molecule has 1 atom stereocenters. The van der Waals surface area contributed by atoms with Crippen molar-refractivity contribution in [3.05, 3.63) is 36.0 Å². The van der Waals surface area contributed by atoms with Crippen LogP contribution in [0.2, 0.25) is 0 Å². The molecule has 0 aliphatic carbocycles. The number of piperazine rings is 1. The van der Waals surface area contributed by atoms with Gasteiger partial charge in [-0.05, 0) is 24.3 Å². The zero-order valence-electron chi connectivity index (χ0n) is 16.8. The molecule has 0 saturated carbocycles. The molecule has 0 unspecified atom stereocenters. The van der Waals surface area contributed by atoms with Crippen molar-refractivity contribution in [3.63, 3.8) is 0 Å². The van der Waals surface area contributed by atoms with E-state index < -0.39 is 43.3 Å². The number of hydrogen-bond donors (Lipinski definition) is 2. The molecule has 3 heterocycles. The van der Waals surface area contributed by atoms with Crippen molar-refractivity contribution >= 4 is 28.4 Å². The number of nitriles is 1. The van der Waals surface area contributed by atoms with Crippen LogP contribution in [-0.4, -0.2) is 72.9 Å². The fourth-order valence-electron chi connectivity index (χ4n) is 4.00. The van der Waals surface area contributed by atoms with Gasteiger partial charge in [0.25, 0.3) is 11.8 Å². The second-order valence-corrected chi connectivity index (χ2v) is 7.71. The molecule has 2 amide bonds. The number of carbonyl (C=O) groups excluding carboxylic acids is 2. The Labute approximate surface area is 177 Å². The van der Waals surface area contributed by atoms with Gasteiger partial charge in [-0.3, -0.25) is 14.6 Å². The highest BCUT2D eigenvalue weighted by atomic mass is 19.3. The van der Waals surface area contributed by atoms with Crippen molar-refractivity contribution in [3.8, 4) is 6.07 Å². The average molecular weight is 428 g/mol. The predicted molar refractivity (Wildman–Crippen MR) is 110 cm³/mol. The maximum Gasteiger partial charge on any atom is 0.268 e. The summed E-state index contributed by atoms with van der Waals surface area (Å²) in [5.74, 6) is -4.31. The molecule has 0 bridgehead atoms. The first-order valence-corrected chi connectivity index (χ1v) is 10.1. The van der Waals surface area contributed by atoms with Gasteiger partial charge in [0.2, 0.25) is 5.91 Å². The van der Waals surface area contributed by atoms with Crippen molar-refractivity contribution in [2.75, 3.05) is 44.2 Å². The summed E-state index contributed by atoms with van der Waals surface area (Å²) < 4.78 is 27.1. The number of benzene rings is 1. The molecule has 0 spiro atoms. The smallest absolute Gasteiger partial charge is 0.268 e. The Morgan fingerprint density at radius 3 is 2.81 bits per heavy atom. The van der Waals surface area contributed by atoms with Crippen molar-refractivity contribution in [1.82, 2.24) is 20.5 Å². The van der Waals surface area contributed by atoms with Gasteiger partial charge in [-0.2, -0.15) is 5.26 Å². The quantitative estimate of drug-likeness (QED) is 0.757. The standard InChI is InChI=1S/C21H22F2N6O2/c22-21(23)10-15(11-24)29(13-21)19(30)12-27-20(31)16-3-4-26-18-2-1-14(9-17(16)18)28-7-5-25-6-8-28/h1-4,9,15,25H,5-8,10,12-13H2,(H,27,31)/t15-/m0/s1. The van der Waals surface area contributed by atoms with E-state index in [4.69, 9.17) is 5.26 Å². The molecule has 2 fully saturated rings. The lowest BCUT2D eigenvalue weighted by atomic mass is 10.1. The third-order valence-electron chi connectivity index (χ3n) is 5.59. The summed E-state index contributed by atoms with van der Waals surface area (Å²) in [6, 6.07) is 7.80. The molecule has 4 rings (SSSR count). The molecule has 10 heteroatoms. The lowest BCUT2D eigenvalue weighted by Gasteiger charge is -2.29. The zero-order valence-corrected chi connectivity index (χ0v) is 16.8. The van der Waals surface area contributed by atoms with Crippen LogP contribution in [-0.2, 0) is 4.79 Å². The minimum atomic E-state index is -3.10. The van der Waals surface area contributed by atoms with Crippen LogP contribution in [0.4, 0.5) is 14.5 Å². The molecular formula is C21H22F2N6O2. The van der Waals surface area contributed by atoms with E-state index in [-0.39, 0.29) is 0 Å². The second-order valence-electron chi connectivity index (χ2n) is 7.71. The van der Waals surface area contributed by atoms with E-state index in [2.05, 4.69) is 20.5 Å². The number of carbonyl (C=O) groups is 2. The number of nitrogens with one attached hydrogen (secondary N) is 2. The van der Waals surface area contributed by atoms with Crippen LogP contribution in [0.25, 0.3) is 10.9 Å². The van der Waals surface area contributed by atoms with Gasteiger partial charge in [0, 0.05) is 49.9 Å². The number of pyridine rings is 1. The highest BCUT2D eigenvalue weighted by Gasteiger charge is 2.47. The summed E-state index contributed by atoms with van der Waals surface area (Å²) in [6.45, 7) is 2.17. The van der Waals surface area contributed by atoms with E-state index in [1.165, 1.54) is 6.20 Å². The first-order valence-electron chi connectivity index (χ1n) is 10.1. The van der Waals surface area contributed by atoms with E-state index in [9.17, 15) is 18.4 Å². The van der Waals surface area contributed by atoms with Gasteiger partial charge in [0.05, 0.1) is 30.2 Å². The maximum absolute atomic E-state index is 13.6. The molecule has 2 N–H and O–H groups in total. The minimum Gasteiger partial charge on any atom is -0.369 e. The van der Waals surface area contributed by atoms with Gasteiger partial charge >= 0.3 is 0 Å². The van der Waals surface area contributed by atoms with Crippen molar-refractivity contribution in [2.45, 2.75) is 18.4 Å². The Balaban J connectivity index is 1.50. The van der Waals surface area contributed by atoms with Gasteiger partial charge in [-0.15, -0.1) is 0 Å². The molecule has 162 valence electrons. The number of nitrogens with zero attached hydrogens (tertiary/aromatic N) is 4. The topological polar surface area (TPSA) is 101 Å². The highest BCUT2D eigenvalue weighted by Crippen LogP contribution is 2.31. The molecule has 1 aromatic carbocycles. The summed E-state index contributed by atoms with van der Waals surface area (Å²) in [4.78, 5) is 32.5. The van der Waals surface area contributed by atoms with Crippen molar-refractivity contribution in [2.24, 2.45) is 0 Å². The molecule has 2 aromatic rings. The van der Waals surface area contributed by atoms with Crippen molar-refractivity contribution < 1.29 is 18.4 Å². The number of halogens is 2. The molecule has 2 aliphatic rings. The van der Waals surface area contributed by atoms with E-state index in [1.807, 2.05) is 18.2 Å². The first-order chi connectivity index (χ1) is 14.9. The van der Waals surface area contributed by atoms with E-state index in [0.29, 0.717) is 16.5 Å². The summed E-state index contributed by atoms with van der Waals surface area (Å²) in [7, 11) is 0. The summed E-state index contributed by atoms with van der Waals surface area (Å²) in [5, 5.41) is 15.5. The fourth-order valence-corrected chi connectivity index (χ4v) is 4.00. The normalized spacial score (nSPS) is 20.5. The molecule has 8 nitrogen and oxygen atoms in total. The van der Waals surface area contributed by atoms with E-state index >= 15 is 0 Å². The Hall–Kier alpha value is -3.32. The number of aromatic nitrogens is 1. The number of likely N-dealkylation sites (tertiary alicyclic amines) is 1. The second kappa shape index (κ2) is 8.43. The number of anilines is 1. The van der Waals surface area contributed by atoms with Crippen LogP contribution in [0.5, 0.6) is 0 Å². The molecular weight excluding hydrogens is 406 g/mol. The van der Waals surface area contributed by atoms with Crippen LogP contribution >= 0.6 is 0 Å². The largest absolute Gasteiger partial charge is 0.369 e. The van der Waals surface area contributed by atoms with Crippen molar-refractivity contribution in [1.29, 1.82) is 5.26 Å². The lowest BCUT2D eigenvalue weighted by molar-refractivity contribution is -0.131. The third kappa shape index (κ3) is 4.41. The highest BCUT2D eigenvalue weighted by molar-refractivity contribution is 6.07. The maximum atomic E-state index is 13.6. The average Bonchev–Trinajstić information content (AvgIpc) is 3.11.